The molecule has 0 aliphatic heterocycles. The number of alkyl halides is 3. The molecule has 4 rings (SSSR count). The molecular formula is C24H17BrF3N3O2. The zero-order valence-corrected chi connectivity index (χ0v) is 18.6. The fourth-order valence-electron chi connectivity index (χ4n) is 2.97. The van der Waals surface area contributed by atoms with Crippen molar-refractivity contribution < 1.29 is 22.7 Å². The van der Waals surface area contributed by atoms with Crippen molar-refractivity contribution in [1.29, 1.82) is 0 Å². The quantitative estimate of drug-likeness (QED) is 0.319. The maximum atomic E-state index is 12.7. The molecule has 0 radical (unpaired) electrons. The number of nitrogens with one attached hydrogen (secondary N) is 1. The van der Waals surface area contributed by atoms with Gasteiger partial charge in [-0.15, -0.1) is 0 Å². The molecule has 0 aliphatic carbocycles. The highest BCUT2D eigenvalue weighted by Gasteiger charge is 2.30. The smallest absolute Gasteiger partial charge is 0.416 e. The summed E-state index contributed by atoms with van der Waals surface area (Å²) < 4.78 is 46.2. The maximum absolute atomic E-state index is 12.7. The summed E-state index contributed by atoms with van der Waals surface area (Å²) in [4.78, 5) is 12.5. The molecule has 1 N–H and O–H groups in total. The minimum atomic E-state index is -4.41. The lowest BCUT2D eigenvalue weighted by atomic mass is 10.2. The first-order chi connectivity index (χ1) is 15.8. The van der Waals surface area contributed by atoms with Crippen molar-refractivity contribution in [2.24, 2.45) is 0 Å². The van der Waals surface area contributed by atoms with Gasteiger partial charge in [-0.2, -0.15) is 18.3 Å². The zero-order valence-electron chi connectivity index (χ0n) is 17.0. The summed E-state index contributed by atoms with van der Waals surface area (Å²) in [5.74, 6) is 0.318. The predicted molar refractivity (Wildman–Crippen MR) is 121 cm³/mol. The van der Waals surface area contributed by atoms with E-state index in [1.54, 1.807) is 12.1 Å². The summed E-state index contributed by atoms with van der Waals surface area (Å²) in [7, 11) is 0. The number of benzene rings is 3. The van der Waals surface area contributed by atoms with E-state index in [0.29, 0.717) is 18.0 Å². The van der Waals surface area contributed by atoms with Crippen LogP contribution in [-0.2, 0) is 12.8 Å². The monoisotopic (exact) mass is 515 g/mol. The third-order valence-electron chi connectivity index (χ3n) is 4.71. The van der Waals surface area contributed by atoms with E-state index in [0.717, 1.165) is 27.9 Å². The molecule has 4 aromatic rings. The predicted octanol–water partition coefficient (Wildman–Crippen LogP) is 6.48. The summed E-state index contributed by atoms with van der Waals surface area (Å²) >= 11 is 3.37. The summed E-state index contributed by atoms with van der Waals surface area (Å²) in [6.07, 6.45) is -2.89. The molecule has 0 fully saturated rings. The van der Waals surface area contributed by atoms with Gasteiger partial charge in [0.2, 0.25) is 0 Å². The second kappa shape index (κ2) is 9.50. The molecule has 0 spiro atoms. The molecule has 0 saturated carbocycles. The molecule has 1 aromatic heterocycles. The van der Waals surface area contributed by atoms with Gasteiger partial charge < -0.3 is 10.1 Å². The van der Waals surface area contributed by atoms with Crippen molar-refractivity contribution in [1.82, 2.24) is 9.78 Å². The molecule has 0 atom stereocenters. The van der Waals surface area contributed by atoms with Crippen LogP contribution in [-0.4, -0.2) is 15.7 Å². The molecule has 3 aromatic carbocycles. The van der Waals surface area contributed by atoms with Gasteiger partial charge in [0.1, 0.15) is 12.4 Å². The Kier molecular flexibility index (Phi) is 6.50. The molecular weight excluding hydrogens is 499 g/mol. The van der Waals surface area contributed by atoms with Crippen LogP contribution >= 0.6 is 15.9 Å². The highest BCUT2D eigenvalue weighted by atomic mass is 79.9. The molecule has 0 unspecified atom stereocenters. The van der Waals surface area contributed by atoms with Crippen LogP contribution in [0.1, 0.15) is 21.6 Å². The summed E-state index contributed by atoms with van der Waals surface area (Å²) in [5.41, 5.74) is 1.32. The van der Waals surface area contributed by atoms with Gasteiger partial charge in [0, 0.05) is 16.4 Å². The number of hydrogen-bond acceptors (Lipinski definition) is 3. The Morgan fingerprint density at radius 2 is 1.61 bits per heavy atom. The lowest BCUT2D eigenvalue weighted by Crippen LogP contribution is -2.13. The van der Waals surface area contributed by atoms with E-state index >= 15 is 0 Å². The summed E-state index contributed by atoms with van der Waals surface area (Å²) in [6, 6.07) is 20.7. The standard InChI is InChI=1S/C24H17BrF3N3O2/c25-18-5-11-21(12-6-18)33-15-16-1-7-19(8-2-16)29-23(32)22-13-14-31(30-22)20-9-3-17(4-10-20)24(26,27)28/h1-14H,15H2,(H,29,32). The third kappa shape index (κ3) is 5.81. The fraction of sp³-hybridized carbons (Fsp3) is 0.0833. The lowest BCUT2D eigenvalue weighted by molar-refractivity contribution is -0.137. The molecule has 168 valence electrons. The van der Waals surface area contributed by atoms with Crippen LogP contribution in [0.4, 0.5) is 18.9 Å². The lowest BCUT2D eigenvalue weighted by Gasteiger charge is -2.08. The minimum Gasteiger partial charge on any atom is -0.489 e. The molecule has 9 heteroatoms. The van der Waals surface area contributed by atoms with Gasteiger partial charge in [0.25, 0.3) is 5.91 Å². The van der Waals surface area contributed by atoms with Crippen LogP contribution in [0.2, 0.25) is 0 Å². The SMILES string of the molecule is O=C(Nc1ccc(COc2ccc(Br)cc2)cc1)c1ccn(-c2ccc(C(F)(F)F)cc2)n1. The Hall–Kier alpha value is -3.59. The van der Waals surface area contributed by atoms with Gasteiger partial charge in [0.15, 0.2) is 5.69 Å². The Balaban J connectivity index is 1.35. The largest absolute Gasteiger partial charge is 0.489 e. The molecule has 0 saturated heterocycles. The van der Waals surface area contributed by atoms with E-state index in [4.69, 9.17) is 4.74 Å². The molecule has 0 aliphatic rings. The van der Waals surface area contributed by atoms with Crippen molar-refractivity contribution in [3.63, 3.8) is 0 Å². The van der Waals surface area contributed by atoms with Crippen LogP contribution in [0.5, 0.6) is 5.75 Å². The van der Waals surface area contributed by atoms with Crippen LogP contribution in [0, 0.1) is 0 Å². The highest BCUT2D eigenvalue weighted by Crippen LogP contribution is 2.29. The Bertz CT molecular complexity index is 1240. The van der Waals surface area contributed by atoms with Crippen molar-refractivity contribution in [2.45, 2.75) is 12.8 Å². The second-order valence-corrected chi connectivity index (χ2v) is 8.00. The first-order valence-electron chi connectivity index (χ1n) is 9.80. The first-order valence-corrected chi connectivity index (χ1v) is 10.6. The number of ether oxygens (including phenoxy) is 1. The molecule has 1 heterocycles. The number of amides is 1. The summed E-state index contributed by atoms with van der Waals surface area (Å²) in [5, 5.41) is 6.90. The zero-order chi connectivity index (χ0) is 23.4. The van der Waals surface area contributed by atoms with E-state index in [9.17, 15) is 18.0 Å². The van der Waals surface area contributed by atoms with Gasteiger partial charge in [-0.3, -0.25) is 4.79 Å². The number of nitrogens with zero attached hydrogens (tertiary/aromatic N) is 2. The van der Waals surface area contributed by atoms with Crippen molar-refractivity contribution in [3.8, 4) is 11.4 Å². The molecule has 1 amide bonds. The highest BCUT2D eigenvalue weighted by molar-refractivity contribution is 9.10. The minimum absolute atomic E-state index is 0.137. The van der Waals surface area contributed by atoms with Crippen LogP contribution in [0.3, 0.4) is 0 Å². The second-order valence-electron chi connectivity index (χ2n) is 7.08. The number of carbonyl (C=O) groups is 1. The van der Waals surface area contributed by atoms with E-state index < -0.39 is 17.6 Å². The number of carbonyl (C=O) groups excluding carboxylic acids is 1. The molecule has 0 bridgehead atoms. The first kappa shape index (κ1) is 22.6. The van der Waals surface area contributed by atoms with E-state index in [1.807, 2.05) is 36.4 Å². The average molecular weight is 516 g/mol. The molecule has 33 heavy (non-hydrogen) atoms. The van der Waals surface area contributed by atoms with Crippen LogP contribution in [0.15, 0.2) is 89.5 Å². The maximum Gasteiger partial charge on any atom is 0.416 e. The van der Waals surface area contributed by atoms with E-state index in [1.165, 1.54) is 29.1 Å². The van der Waals surface area contributed by atoms with Gasteiger partial charge in [-0.25, -0.2) is 4.68 Å². The Morgan fingerprint density at radius 3 is 2.24 bits per heavy atom. The number of halogens is 4. The van der Waals surface area contributed by atoms with E-state index in [2.05, 4.69) is 26.3 Å². The van der Waals surface area contributed by atoms with Gasteiger partial charge in [0.05, 0.1) is 11.3 Å². The summed E-state index contributed by atoms with van der Waals surface area (Å²) in [6.45, 7) is 0.382. The topological polar surface area (TPSA) is 56.1 Å². The van der Waals surface area contributed by atoms with E-state index in [-0.39, 0.29) is 5.69 Å². The van der Waals surface area contributed by atoms with Gasteiger partial charge >= 0.3 is 6.18 Å². The Morgan fingerprint density at radius 1 is 0.939 bits per heavy atom. The molecule has 5 nitrogen and oxygen atoms in total. The van der Waals surface area contributed by atoms with Crippen LogP contribution < -0.4 is 10.1 Å². The Labute approximate surface area is 195 Å². The number of aromatic nitrogens is 2. The van der Waals surface area contributed by atoms with Crippen LogP contribution in [0.25, 0.3) is 5.69 Å². The number of anilines is 1. The fourth-order valence-corrected chi connectivity index (χ4v) is 3.23. The van der Waals surface area contributed by atoms with Crippen molar-refractivity contribution >= 4 is 27.5 Å². The van der Waals surface area contributed by atoms with Crippen molar-refractivity contribution in [2.75, 3.05) is 5.32 Å². The van der Waals surface area contributed by atoms with Gasteiger partial charge in [-0.05, 0) is 72.3 Å². The van der Waals surface area contributed by atoms with Gasteiger partial charge in [-0.1, -0.05) is 28.1 Å². The third-order valence-corrected chi connectivity index (χ3v) is 5.24. The number of rotatable bonds is 6. The average Bonchev–Trinajstić information content (AvgIpc) is 3.30. The normalized spacial score (nSPS) is 11.3. The number of hydrogen-bond donors (Lipinski definition) is 1. The van der Waals surface area contributed by atoms with Crippen molar-refractivity contribution in [3.05, 3.63) is 106 Å².